The molecule has 0 atom stereocenters. The fourth-order valence-electron chi connectivity index (χ4n) is 3.60. The topological polar surface area (TPSA) is 19.4 Å². The number of rotatable bonds is 2. The van der Waals surface area contributed by atoms with Crippen LogP contribution in [0.3, 0.4) is 0 Å². The van der Waals surface area contributed by atoms with Crippen molar-refractivity contribution >= 4 is 16.7 Å². The predicted octanol–water partition coefficient (Wildman–Crippen LogP) is 3.96. The van der Waals surface area contributed by atoms with Gasteiger partial charge in [-0.2, -0.15) is 0 Å². The van der Waals surface area contributed by atoms with Crippen LogP contribution in [-0.4, -0.2) is 43.1 Å². The Kier molecular flexibility index (Phi) is 3.95. The molecule has 0 saturated carbocycles. The van der Waals surface area contributed by atoms with Gasteiger partial charge in [0.2, 0.25) is 0 Å². The third-order valence-electron chi connectivity index (χ3n) is 4.98. The van der Waals surface area contributed by atoms with Gasteiger partial charge in [0.25, 0.3) is 0 Å². The number of hydrogen-bond acceptors (Lipinski definition) is 3. The molecule has 0 spiro atoms. The van der Waals surface area contributed by atoms with Gasteiger partial charge in [0.05, 0.1) is 5.52 Å². The van der Waals surface area contributed by atoms with Crippen molar-refractivity contribution in [1.29, 1.82) is 0 Å². The van der Waals surface area contributed by atoms with Crippen molar-refractivity contribution in [3.63, 3.8) is 0 Å². The Hall–Kier alpha value is -2.39. The molecule has 1 fully saturated rings. The summed E-state index contributed by atoms with van der Waals surface area (Å²) >= 11 is 0. The zero-order valence-electron chi connectivity index (χ0n) is 14.4. The number of aromatic nitrogens is 1. The van der Waals surface area contributed by atoms with Crippen molar-refractivity contribution in [3.05, 3.63) is 60.2 Å². The SMILES string of the molecule is Cc1c(N2CCN(C)CC2)nc2ccccc2c1-c1ccccc1. The summed E-state index contributed by atoms with van der Waals surface area (Å²) in [4.78, 5) is 9.84. The number of fused-ring (bicyclic) bond motifs is 1. The second kappa shape index (κ2) is 6.25. The van der Waals surface area contributed by atoms with Crippen LogP contribution in [0.15, 0.2) is 54.6 Å². The fraction of sp³-hybridized carbons (Fsp3) is 0.286. The van der Waals surface area contributed by atoms with Gasteiger partial charge >= 0.3 is 0 Å². The molecular weight excluding hydrogens is 294 g/mol. The maximum atomic E-state index is 5.02. The highest BCUT2D eigenvalue weighted by atomic mass is 15.3. The third kappa shape index (κ3) is 2.65. The summed E-state index contributed by atoms with van der Waals surface area (Å²) < 4.78 is 0. The minimum Gasteiger partial charge on any atom is -0.354 e. The van der Waals surface area contributed by atoms with Gasteiger partial charge in [0.15, 0.2) is 0 Å². The van der Waals surface area contributed by atoms with E-state index in [4.69, 9.17) is 4.98 Å². The number of anilines is 1. The van der Waals surface area contributed by atoms with E-state index in [1.165, 1.54) is 22.1 Å². The quantitative estimate of drug-likeness (QED) is 0.713. The van der Waals surface area contributed by atoms with E-state index in [-0.39, 0.29) is 0 Å². The van der Waals surface area contributed by atoms with Crippen LogP contribution in [0, 0.1) is 6.92 Å². The van der Waals surface area contributed by atoms with Crippen molar-refractivity contribution in [2.75, 3.05) is 38.1 Å². The first-order valence-electron chi connectivity index (χ1n) is 8.62. The third-order valence-corrected chi connectivity index (χ3v) is 4.98. The zero-order valence-corrected chi connectivity index (χ0v) is 14.4. The highest BCUT2D eigenvalue weighted by molar-refractivity contribution is 5.98. The highest BCUT2D eigenvalue weighted by Crippen LogP contribution is 2.36. The predicted molar refractivity (Wildman–Crippen MR) is 102 cm³/mol. The Morgan fingerprint density at radius 3 is 2.25 bits per heavy atom. The average Bonchev–Trinajstić information content (AvgIpc) is 2.63. The lowest BCUT2D eigenvalue weighted by Gasteiger charge is -2.34. The van der Waals surface area contributed by atoms with Crippen LogP contribution in [0.5, 0.6) is 0 Å². The molecule has 1 aliphatic rings. The number of likely N-dealkylation sites (N-methyl/N-ethyl adjacent to an activating group) is 1. The molecule has 24 heavy (non-hydrogen) atoms. The van der Waals surface area contributed by atoms with Crippen LogP contribution < -0.4 is 4.90 Å². The molecule has 3 aromatic rings. The molecule has 0 aliphatic carbocycles. The standard InChI is InChI=1S/C21H23N3/c1-16-20(17-8-4-3-5-9-17)18-10-6-7-11-19(18)22-21(16)24-14-12-23(2)13-15-24/h3-11H,12-15H2,1-2H3. The molecule has 2 aromatic carbocycles. The fourth-order valence-corrected chi connectivity index (χ4v) is 3.60. The van der Waals surface area contributed by atoms with Gasteiger partial charge in [-0.3, -0.25) is 0 Å². The van der Waals surface area contributed by atoms with Gasteiger partial charge in [0, 0.05) is 37.1 Å². The number of piperazine rings is 1. The molecular formula is C21H23N3. The van der Waals surface area contributed by atoms with Crippen molar-refractivity contribution in [2.45, 2.75) is 6.92 Å². The van der Waals surface area contributed by atoms with Crippen molar-refractivity contribution in [1.82, 2.24) is 9.88 Å². The lowest BCUT2D eigenvalue weighted by atomic mass is 9.96. The lowest BCUT2D eigenvalue weighted by Crippen LogP contribution is -2.45. The number of nitrogens with zero attached hydrogens (tertiary/aromatic N) is 3. The van der Waals surface area contributed by atoms with Crippen molar-refractivity contribution in [2.24, 2.45) is 0 Å². The zero-order chi connectivity index (χ0) is 16.5. The molecule has 3 nitrogen and oxygen atoms in total. The Morgan fingerprint density at radius 1 is 0.833 bits per heavy atom. The molecule has 0 amide bonds. The van der Waals surface area contributed by atoms with E-state index >= 15 is 0 Å². The second-order valence-corrected chi connectivity index (χ2v) is 6.61. The molecule has 0 N–H and O–H groups in total. The highest BCUT2D eigenvalue weighted by Gasteiger charge is 2.20. The molecule has 122 valence electrons. The van der Waals surface area contributed by atoms with E-state index < -0.39 is 0 Å². The van der Waals surface area contributed by atoms with E-state index in [0.29, 0.717) is 0 Å². The number of pyridine rings is 1. The summed E-state index contributed by atoms with van der Waals surface area (Å²) in [6.45, 7) is 6.48. The maximum absolute atomic E-state index is 5.02. The molecule has 3 heteroatoms. The molecule has 0 radical (unpaired) electrons. The molecule has 4 rings (SSSR count). The van der Waals surface area contributed by atoms with Gasteiger partial charge < -0.3 is 9.80 Å². The normalized spacial score (nSPS) is 15.8. The van der Waals surface area contributed by atoms with Crippen LogP contribution in [0.2, 0.25) is 0 Å². The van der Waals surface area contributed by atoms with Crippen LogP contribution in [0.1, 0.15) is 5.56 Å². The van der Waals surface area contributed by atoms with Gasteiger partial charge in [0.1, 0.15) is 5.82 Å². The first kappa shape index (κ1) is 15.2. The minimum atomic E-state index is 1.04. The van der Waals surface area contributed by atoms with E-state index in [1.807, 2.05) is 0 Å². The largest absolute Gasteiger partial charge is 0.354 e. The summed E-state index contributed by atoms with van der Waals surface area (Å²) in [5, 5.41) is 1.24. The number of para-hydroxylation sites is 1. The van der Waals surface area contributed by atoms with Crippen LogP contribution in [0.25, 0.3) is 22.0 Å². The van der Waals surface area contributed by atoms with Gasteiger partial charge in [-0.1, -0.05) is 48.5 Å². The first-order valence-corrected chi connectivity index (χ1v) is 8.62. The maximum Gasteiger partial charge on any atom is 0.132 e. The molecule has 2 heterocycles. The first-order chi connectivity index (χ1) is 11.7. The molecule has 0 bridgehead atoms. The van der Waals surface area contributed by atoms with E-state index in [0.717, 1.165) is 37.5 Å². The summed E-state index contributed by atoms with van der Waals surface area (Å²) in [5.41, 5.74) is 4.94. The summed E-state index contributed by atoms with van der Waals surface area (Å²) in [5.74, 6) is 1.14. The smallest absolute Gasteiger partial charge is 0.132 e. The van der Waals surface area contributed by atoms with Gasteiger partial charge in [-0.05, 0) is 31.2 Å². The number of benzene rings is 2. The Balaban J connectivity index is 1.91. The molecule has 1 aliphatic heterocycles. The Morgan fingerprint density at radius 2 is 1.50 bits per heavy atom. The lowest BCUT2D eigenvalue weighted by molar-refractivity contribution is 0.312. The van der Waals surface area contributed by atoms with E-state index in [2.05, 4.69) is 78.4 Å². The molecule has 1 aromatic heterocycles. The van der Waals surface area contributed by atoms with Crippen LogP contribution >= 0.6 is 0 Å². The monoisotopic (exact) mass is 317 g/mol. The second-order valence-electron chi connectivity index (χ2n) is 6.61. The minimum absolute atomic E-state index is 1.04. The summed E-state index contributed by atoms with van der Waals surface area (Å²) in [6.07, 6.45) is 0. The Bertz CT molecular complexity index is 850. The van der Waals surface area contributed by atoms with Crippen LogP contribution in [0.4, 0.5) is 5.82 Å². The van der Waals surface area contributed by atoms with E-state index in [9.17, 15) is 0 Å². The Labute approximate surface area is 143 Å². The summed E-state index contributed by atoms with van der Waals surface area (Å²) in [7, 11) is 2.19. The molecule has 0 unspecified atom stereocenters. The van der Waals surface area contributed by atoms with Crippen LogP contribution in [-0.2, 0) is 0 Å². The van der Waals surface area contributed by atoms with E-state index in [1.54, 1.807) is 0 Å². The summed E-state index contributed by atoms with van der Waals surface area (Å²) in [6, 6.07) is 19.2. The average molecular weight is 317 g/mol. The van der Waals surface area contributed by atoms with Gasteiger partial charge in [-0.25, -0.2) is 4.98 Å². The molecule has 1 saturated heterocycles. The number of hydrogen-bond donors (Lipinski definition) is 0. The van der Waals surface area contributed by atoms with Crippen molar-refractivity contribution < 1.29 is 0 Å². The van der Waals surface area contributed by atoms with Gasteiger partial charge in [-0.15, -0.1) is 0 Å². The van der Waals surface area contributed by atoms with Crippen molar-refractivity contribution in [3.8, 4) is 11.1 Å².